The van der Waals surface area contributed by atoms with Gasteiger partial charge in [-0.25, -0.2) is 0 Å². The molecule has 112 valence electrons. The molecule has 2 aromatic rings. The van der Waals surface area contributed by atoms with Crippen molar-refractivity contribution in [2.24, 2.45) is 0 Å². The average molecular weight is 380 g/mol. The highest BCUT2D eigenvalue weighted by Crippen LogP contribution is 2.29. The Morgan fingerprint density at radius 1 is 1.33 bits per heavy atom. The summed E-state index contributed by atoms with van der Waals surface area (Å²) < 4.78 is 41.0. The summed E-state index contributed by atoms with van der Waals surface area (Å²) in [6.07, 6.45) is -4.77. The van der Waals surface area contributed by atoms with Gasteiger partial charge in [0, 0.05) is 11.8 Å². The van der Waals surface area contributed by atoms with Crippen molar-refractivity contribution in [3.05, 3.63) is 44.6 Å². The molecule has 0 aliphatic rings. The Morgan fingerprint density at radius 3 is 2.62 bits per heavy atom. The zero-order valence-electron chi connectivity index (χ0n) is 10.6. The highest BCUT2D eigenvalue weighted by atomic mass is 79.9. The second kappa shape index (κ2) is 6.07. The maximum Gasteiger partial charge on any atom is 0.573 e. The molecule has 0 fully saturated rings. The van der Waals surface area contributed by atoms with Crippen molar-refractivity contribution in [1.29, 1.82) is 0 Å². The molecule has 0 aliphatic carbocycles. The van der Waals surface area contributed by atoms with Crippen LogP contribution in [0.1, 0.15) is 15.2 Å². The molecule has 0 saturated carbocycles. The zero-order valence-corrected chi connectivity index (χ0v) is 13.0. The van der Waals surface area contributed by atoms with E-state index in [4.69, 9.17) is 0 Å². The largest absolute Gasteiger partial charge is 0.573 e. The third kappa shape index (κ3) is 4.47. The Labute approximate surface area is 130 Å². The molecule has 1 amide bonds. The van der Waals surface area contributed by atoms with E-state index in [1.54, 1.807) is 6.07 Å². The molecule has 0 aliphatic heterocycles. The Morgan fingerprint density at radius 2 is 2.05 bits per heavy atom. The fourth-order valence-corrected chi connectivity index (χ4v) is 2.97. The van der Waals surface area contributed by atoms with Crippen LogP contribution < -0.4 is 10.1 Å². The lowest BCUT2D eigenvalue weighted by Gasteiger charge is -2.10. The predicted molar refractivity (Wildman–Crippen MR) is 77.8 cm³/mol. The number of carbonyl (C=O) groups excluding carboxylic acids is 1. The van der Waals surface area contributed by atoms with Crippen LogP contribution in [0.25, 0.3) is 0 Å². The van der Waals surface area contributed by atoms with E-state index in [2.05, 4.69) is 26.0 Å². The van der Waals surface area contributed by atoms with E-state index in [0.29, 0.717) is 4.88 Å². The van der Waals surface area contributed by atoms with Crippen molar-refractivity contribution < 1.29 is 22.7 Å². The lowest BCUT2D eigenvalue weighted by molar-refractivity contribution is -0.274. The molecule has 0 atom stereocenters. The van der Waals surface area contributed by atoms with Crippen LogP contribution in [-0.2, 0) is 0 Å². The maximum absolute atomic E-state index is 12.1. The number of halogens is 4. The summed E-state index contributed by atoms with van der Waals surface area (Å²) in [4.78, 5) is 12.5. The van der Waals surface area contributed by atoms with E-state index in [0.717, 1.165) is 21.5 Å². The van der Waals surface area contributed by atoms with Crippen molar-refractivity contribution >= 4 is 38.9 Å². The third-order valence-corrected chi connectivity index (χ3v) is 4.54. The van der Waals surface area contributed by atoms with Gasteiger partial charge in [0.15, 0.2) is 0 Å². The number of carbonyl (C=O) groups is 1. The van der Waals surface area contributed by atoms with Gasteiger partial charge in [0.25, 0.3) is 5.91 Å². The Hall–Kier alpha value is -1.54. The summed E-state index contributed by atoms with van der Waals surface area (Å²) in [6.45, 7) is 1.84. The molecule has 0 spiro atoms. The summed E-state index contributed by atoms with van der Waals surface area (Å²) in [6, 6.07) is 6.82. The highest BCUT2D eigenvalue weighted by Gasteiger charge is 2.31. The van der Waals surface area contributed by atoms with E-state index in [1.165, 1.54) is 23.5 Å². The quantitative estimate of drug-likeness (QED) is 0.817. The van der Waals surface area contributed by atoms with Crippen molar-refractivity contribution in [2.75, 3.05) is 5.32 Å². The summed E-state index contributed by atoms with van der Waals surface area (Å²) in [7, 11) is 0. The molecular formula is C13H9BrF3NO2S. The molecule has 0 radical (unpaired) electrons. The molecule has 0 saturated heterocycles. The Kier molecular flexibility index (Phi) is 4.58. The number of hydrogen-bond donors (Lipinski definition) is 1. The number of ether oxygens (including phenoxy) is 1. The molecule has 3 nitrogen and oxygen atoms in total. The molecule has 1 heterocycles. The lowest BCUT2D eigenvalue weighted by Crippen LogP contribution is -2.17. The summed E-state index contributed by atoms with van der Waals surface area (Å²) in [5.74, 6) is -0.776. The number of anilines is 1. The summed E-state index contributed by atoms with van der Waals surface area (Å²) >= 11 is 4.56. The van der Waals surface area contributed by atoms with Gasteiger partial charge in [-0.1, -0.05) is 6.07 Å². The topological polar surface area (TPSA) is 38.3 Å². The first-order valence-electron chi connectivity index (χ1n) is 5.68. The number of rotatable bonds is 3. The van der Waals surface area contributed by atoms with Gasteiger partial charge in [-0.15, -0.1) is 24.5 Å². The van der Waals surface area contributed by atoms with E-state index in [9.17, 15) is 18.0 Å². The Bertz CT molecular complexity index is 650. The van der Waals surface area contributed by atoms with Crippen molar-refractivity contribution in [3.63, 3.8) is 0 Å². The van der Waals surface area contributed by atoms with Gasteiger partial charge in [0.1, 0.15) is 5.75 Å². The molecule has 1 N–H and O–H groups in total. The second-order valence-corrected chi connectivity index (χ2v) is 6.47. The molecule has 1 aromatic heterocycles. The molecular weight excluding hydrogens is 371 g/mol. The molecule has 2 rings (SSSR count). The van der Waals surface area contributed by atoms with Gasteiger partial charge in [-0.2, -0.15) is 0 Å². The van der Waals surface area contributed by atoms with Crippen LogP contribution in [0, 0.1) is 6.92 Å². The predicted octanol–water partition coefficient (Wildman–Crippen LogP) is 4.97. The van der Waals surface area contributed by atoms with Crippen LogP contribution in [0.3, 0.4) is 0 Å². The monoisotopic (exact) mass is 379 g/mol. The number of alkyl halides is 3. The number of aryl methyl sites for hydroxylation is 1. The number of nitrogens with one attached hydrogen (secondary N) is 1. The van der Waals surface area contributed by atoms with E-state index in [1.807, 2.05) is 6.92 Å². The first-order chi connectivity index (χ1) is 9.74. The summed E-state index contributed by atoms with van der Waals surface area (Å²) in [5.41, 5.74) is 1.14. The van der Waals surface area contributed by atoms with E-state index >= 15 is 0 Å². The number of hydrogen-bond acceptors (Lipinski definition) is 3. The van der Waals surface area contributed by atoms with Crippen molar-refractivity contribution in [1.82, 2.24) is 0 Å². The number of amides is 1. The zero-order chi connectivity index (χ0) is 15.6. The van der Waals surface area contributed by atoms with E-state index in [-0.39, 0.29) is 11.4 Å². The van der Waals surface area contributed by atoms with Crippen LogP contribution in [0.4, 0.5) is 18.9 Å². The van der Waals surface area contributed by atoms with Crippen LogP contribution in [0.2, 0.25) is 0 Å². The third-order valence-electron chi connectivity index (χ3n) is 2.41. The van der Waals surface area contributed by atoms with Crippen LogP contribution in [-0.4, -0.2) is 12.3 Å². The van der Waals surface area contributed by atoms with Crippen LogP contribution in [0.15, 0.2) is 34.1 Å². The second-order valence-electron chi connectivity index (χ2n) is 4.10. The summed E-state index contributed by atoms with van der Waals surface area (Å²) in [5, 5.41) is 2.53. The SMILES string of the molecule is Cc1cc(C(=O)Nc2cccc(OC(F)(F)F)c2)sc1Br. The number of thiophene rings is 1. The molecule has 21 heavy (non-hydrogen) atoms. The normalized spacial score (nSPS) is 11.3. The molecule has 1 aromatic carbocycles. The van der Waals surface area contributed by atoms with E-state index < -0.39 is 12.3 Å². The van der Waals surface area contributed by atoms with Crippen LogP contribution in [0.5, 0.6) is 5.75 Å². The van der Waals surface area contributed by atoms with Crippen molar-refractivity contribution in [3.8, 4) is 5.75 Å². The van der Waals surface area contributed by atoms with Gasteiger partial charge in [-0.3, -0.25) is 4.79 Å². The first kappa shape index (κ1) is 15.8. The maximum atomic E-state index is 12.1. The molecule has 0 bridgehead atoms. The molecule has 0 unspecified atom stereocenters. The smallest absolute Gasteiger partial charge is 0.406 e. The minimum atomic E-state index is -4.77. The fourth-order valence-electron chi connectivity index (χ4n) is 1.54. The minimum absolute atomic E-state index is 0.226. The standard InChI is InChI=1S/C13H9BrF3NO2S/c1-7-5-10(21-11(7)14)12(19)18-8-3-2-4-9(6-8)20-13(15,16)17/h2-6H,1H3,(H,18,19). The highest BCUT2D eigenvalue weighted by molar-refractivity contribution is 9.11. The Balaban J connectivity index is 2.12. The van der Waals surface area contributed by atoms with Gasteiger partial charge in [0.05, 0.1) is 8.66 Å². The molecule has 8 heteroatoms. The van der Waals surface area contributed by atoms with Gasteiger partial charge >= 0.3 is 6.36 Å². The van der Waals surface area contributed by atoms with Crippen molar-refractivity contribution in [2.45, 2.75) is 13.3 Å². The van der Waals surface area contributed by atoms with Crippen LogP contribution >= 0.6 is 27.3 Å². The first-order valence-corrected chi connectivity index (χ1v) is 7.28. The van der Waals surface area contributed by atoms with Gasteiger partial charge < -0.3 is 10.1 Å². The average Bonchev–Trinajstić information content (AvgIpc) is 2.68. The fraction of sp³-hybridized carbons (Fsp3) is 0.154. The van der Waals surface area contributed by atoms with Gasteiger partial charge in [-0.05, 0) is 46.6 Å². The minimum Gasteiger partial charge on any atom is -0.406 e. The number of benzene rings is 1. The van der Waals surface area contributed by atoms with Gasteiger partial charge in [0.2, 0.25) is 0 Å². The lowest BCUT2D eigenvalue weighted by atomic mass is 10.3.